The second-order valence-electron chi connectivity index (χ2n) is 2.72. The molecule has 0 saturated carbocycles. The summed E-state index contributed by atoms with van der Waals surface area (Å²) in [7, 11) is 0. The van der Waals surface area contributed by atoms with E-state index in [0.717, 1.165) is 45.3 Å². The van der Waals surface area contributed by atoms with E-state index in [0.29, 0.717) is 0 Å². The summed E-state index contributed by atoms with van der Waals surface area (Å²) in [6.07, 6.45) is 4.19. The van der Waals surface area contributed by atoms with Gasteiger partial charge in [-0.1, -0.05) is 0 Å². The van der Waals surface area contributed by atoms with Crippen LogP contribution in [0.2, 0.25) is 0 Å². The Balaban J connectivity index is 3.34. The summed E-state index contributed by atoms with van der Waals surface area (Å²) >= 11 is 0. The minimum atomic E-state index is 0.736. The molecule has 0 unspecified atom stereocenters. The Morgan fingerprint density at radius 3 is 1.64 bits per heavy atom. The highest BCUT2D eigenvalue weighted by Crippen LogP contribution is 2.15. The molecule has 0 aromatic rings. The molecule has 0 bridgehead atoms. The fourth-order valence-electron chi connectivity index (χ4n) is 1.14. The maximum atomic E-state index is 5.44. The van der Waals surface area contributed by atoms with Gasteiger partial charge >= 0.3 is 0 Å². The minimum Gasteiger partial charge on any atom is -0.330 e. The summed E-state index contributed by atoms with van der Waals surface area (Å²) in [5.74, 6) is 1.47. The van der Waals surface area contributed by atoms with Gasteiger partial charge in [-0.2, -0.15) is 0 Å². The van der Waals surface area contributed by atoms with Crippen LogP contribution in [0.3, 0.4) is 0 Å². The molecule has 0 rings (SSSR count). The molecule has 1 radical (unpaired) electrons. The molecule has 0 spiro atoms. The van der Waals surface area contributed by atoms with Crippen molar-refractivity contribution in [1.82, 2.24) is 0 Å². The van der Waals surface area contributed by atoms with Gasteiger partial charge in [0, 0.05) is 0 Å². The SMILES string of the molecule is NCCC[C](CCN)CCN. The zero-order valence-corrected chi connectivity index (χ0v) is 7.18. The Hall–Kier alpha value is -0.120. The number of hydrogen-bond donors (Lipinski definition) is 3. The van der Waals surface area contributed by atoms with Crippen LogP contribution in [-0.2, 0) is 0 Å². The summed E-state index contributed by atoms with van der Waals surface area (Å²) in [4.78, 5) is 0. The average molecular weight is 158 g/mol. The first-order valence-corrected chi connectivity index (χ1v) is 4.29. The number of nitrogens with two attached hydrogens (primary N) is 3. The first-order valence-electron chi connectivity index (χ1n) is 4.29. The molecule has 11 heavy (non-hydrogen) atoms. The van der Waals surface area contributed by atoms with Crippen LogP contribution in [0.1, 0.15) is 25.7 Å². The molecule has 0 atom stereocenters. The van der Waals surface area contributed by atoms with Gasteiger partial charge in [-0.15, -0.1) is 0 Å². The topological polar surface area (TPSA) is 78.1 Å². The van der Waals surface area contributed by atoms with Crippen molar-refractivity contribution in [3.63, 3.8) is 0 Å². The second kappa shape index (κ2) is 7.98. The van der Waals surface area contributed by atoms with Gasteiger partial charge in [0.25, 0.3) is 0 Å². The van der Waals surface area contributed by atoms with E-state index < -0.39 is 0 Å². The van der Waals surface area contributed by atoms with Crippen molar-refractivity contribution in [2.45, 2.75) is 25.7 Å². The molecule has 3 nitrogen and oxygen atoms in total. The van der Waals surface area contributed by atoms with Crippen molar-refractivity contribution < 1.29 is 0 Å². The van der Waals surface area contributed by atoms with Gasteiger partial charge in [0.15, 0.2) is 0 Å². The summed E-state index contributed by atoms with van der Waals surface area (Å²) in [5.41, 5.74) is 16.3. The summed E-state index contributed by atoms with van der Waals surface area (Å²) in [5, 5.41) is 0. The van der Waals surface area contributed by atoms with Crippen molar-refractivity contribution in [3.8, 4) is 0 Å². The smallest absolute Gasteiger partial charge is 0.00718 e. The Morgan fingerprint density at radius 2 is 1.27 bits per heavy atom. The monoisotopic (exact) mass is 158 g/mol. The average Bonchev–Trinajstić information content (AvgIpc) is 2.01. The van der Waals surface area contributed by atoms with Crippen LogP contribution in [0.4, 0.5) is 0 Å². The van der Waals surface area contributed by atoms with Crippen molar-refractivity contribution in [2.24, 2.45) is 17.2 Å². The number of hydrogen-bond acceptors (Lipinski definition) is 3. The predicted octanol–water partition coefficient (Wildman–Crippen LogP) is -0.00261. The van der Waals surface area contributed by atoms with Gasteiger partial charge < -0.3 is 17.2 Å². The summed E-state index contributed by atoms with van der Waals surface area (Å²) in [6.45, 7) is 2.23. The molecule has 0 heterocycles. The van der Waals surface area contributed by atoms with Crippen molar-refractivity contribution in [2.75, 3.05) is 19.6 Å². The fraction of sp³-hybridized carbons (Fsp3) is 0.875. The van der Waals surface area contributed by atoms with Gasteiger partial charge in [0.1, 0.15) is 0 Å². The van der Waals surface area contributed by atoms with Crippen molar-refractivity contribution in [3.05, 3.63) is 5.92 Å². The summed E-state index contributed by atoms with van der Waals surface area (Å²) in [6, 6.07) is 0. The third-order valence-corrected chi connectivity index (χ3v) is 1.73. The van der Waals surface area contributed by atoms with Crippen molar-refractivity contribution >= 4 is 0 Å². The van der Waals surface area contributed by atoms with E-state index in [1.165, 1.54) is 5.92 Å². The van der Waals surface area contributed by atoms with E-state index >= 15 is 0 Å². The largest absolute Gasteiger partial charge is 0.330 e. The third-order valence-electron chi connectivity index (χ3n) is 1.73. The van der Waals surface area contributed by atoms with Gasteiger partial charge in [-0.3, -0.25) is 0 Å². The third kappa shape index (κ3) is 6.28. The fourth-order valence-corrected chi connectivity index (χ4v) is 1.14. The maximum absolute atomic E-state index is 5.44. The highest BCUT2D eigenvalue weighted by atomic mass is 14.6. The Morgan fingerprint density at radius 1 is 0.727 bits per heavy atom. The predicted molar refractivity (Wildman–Crippen MR) is 48.9 cm³/mol. The van der Waals surface area contributed by atoms with Gasteiger partial charge in [-0.25, -0.2) is 0 Å². The molecule has 3 heteroatoms. The molecular weight excluding hydrogens is 138 g/mol. The zero-order chi connectivity index (χ0) is 8.53. The molecular formula is C8H20N3. The molecule has 67 valence electrons. The molecule has 0 aliphatic rings. The van der Waals surface area contributed by atoms with E-state index in [-0.39, 0.29) is 0 Å². The lowest BCUT2D eigenvalue weighted by molar-refractivity contribution is 0.632. The maximum Gasteiger partial charge on any atom is -0.00718 e. The van der Waals surface area contributed by atoms with Gasteiger partial charge in [0.2, 0.25) is 0 Å². The lowest BCUT2D eigenvalue weighted by Crippen LogP contribution is -2.13. The van der Waals surface area contributed by atoms with E-state index in [4.69, 9.17) is 17.2 Å². The van der Waals surface area contributed by atoms with Crippen LogP contribution in [0.5, 0.6) is 0 Å². The van der Waals surface area contributed by atoms with Crippen LogP contribution in [-0.4, -0.2) is 19.6 Å². The van der Waals surface area contributed by atoms with Crippen LogP contribution >= 0.6 is 0 Å². The Kier molecular flexibility index (Phi) is 7.89. The van der Waals surface area contributed by atoms with Crippen LogP contribution in [0.25, 0.3) is 0 Å². The Labute approximate surface area is 69.3 Å². The van der Waals surface area contributed by atoms with Crippen LogP contribution in [0.15, 0.2) is 0 Å². The lowest BCUT2D eigenvalue weighted by Gasteiger charge is -2.12. The highest BCUT2D eigenvalue weighted by molar-refractivity contribution is 4.89. The normalized spacial score (nSPS) is 10.9. The number of rotatable bonds is 7. The standard InChI is InChI=1S/C8H20N3/c9-5-1-2-8(3-6-10)4-7-11/h1-7,9-11H2. The highest BCUT2D eigenvalue weighted by Gasteiger charge is 2.05. The zero-order valence-electron chi connectivity index (χ0n) is 7.18. The summed E-state index contributed by atoms with van der Waals surface area (Å²) < 4.78 is 0. The van der Waals surface area contributed by atoms with Crippen LogP contribution < -0.4 is 17.2 Å². The molecule has 6 N–H and O–H groups in total. The molecule has 0 aliphatic carbocycles. The van der Waals surface area contributed by atoms with E-state index in [1.54, 1.807) is 0 Å². The van der Waals surface area contributed by atoms with Gasteiger partial charge in [-0.05, 0) is 51.2 Å². The Bertz CT molecular complexity index is 69.7. The van der Waals surface area contributed by atoms with Crippen molar-refractivity contribution in [1.29, 1.82) is 0 Å². The van der Waals surface area contributed by atoms with Gasteiger partial charge in [0.05, 0.1) is 0 Å². The molecule has 0 aromatic carbocycles. The molecule has 0 aromatic heterocycles. The second-order valence-corrected chi connectivity index (χ2v) is 2.72. The van der Waals surface area contributed by atoms with E-state index in [1.807, 2.05) is 0 Å². The van der Waals surface area contributed by atoms with E-state index in [2.05, 4.69) is 0 Å². The molecule has 0 amide bonds. The molecule has 0 saturated heterocycles. The van der Waals surface area contributed by atoms with Crippen LogP contribution in [0, 0.1) is 5.92 Å². The lowest BCUT2D eigenvalue weighted by atomic mass is 9.96. The first-order chi connectivity index (χ1) is 5.35. The minimum absolute atomic E-state index is 0.736. The quantitative estimate of drug-likeness (QED) is 0.488. The van der Waals surface area contributed by atoms with E-state index in [9.17, 15) is 0 Å². The first kappa shape index (κ1) is 10.9. The molecule has 0 aliphatic heterocycles. The molecule has 0 fully saturated rings.